The van der Waals surface area contributed by atoms with Crippen molar-refractivity contribution in [1.82, 2.24) is 9.80 Å². The minimum absolute atomic E-state index is 0.0205. The number of carbonyl (C=O) groups is 6. The summed E-state index contributed by atoms with van der Waals surface area (Å²) < 4.78 is 64.6. The van der Waals surface area contributed by atoms with Gasteiger partial charge in [0, 0.05) is 7.11 Å². The van der Waals surface area contributed by atoms with E-state index in [-0.39, 0.29) is 56.7 Å². The molecular weight excluding hydrogens is 1250 g/mol. The summed E-state index contributed by atoms with van der Waals surface area (Å²) in [6.07, 6.45) is 8.98. The number of esters is 2. The third kappa shape index (κ3) is 28.8. The van der Waals surface area contributed by atoms with Gasteiger partial charge in [-0.1, -0.05) is 110 Å². The molecule has 0 radical (unpaired) electrons. The summed E-state index contributed by atoms with van der Waals surface area (Å²) in [7, 11) is 2.80. The highest BCUT2D eigenvalue weighted by Crippen LogP contribution is 2.31. The van der Waals surface area contributed by atoms with Crippen LogP contribution in [0.2, 0.25) is 0 Å². The lowest BCUT2D eigenvalue weighted by Crippen LogP contribution is -2.36. The number of hydrogen-bond donors (Lipinski definition) is 0. The summed E-state index contributed by atoms with van der Waals surface area (Å²) >= 11 is 0. The molecule has 0 bridgehead atoms. The van der Waals surface area contributed by atoms with Gasteiger partial charge in [0.25, 0.3) is 11.8 Å². The van der Waals surface area contributed by atoms with Crippen LogP contribution < -0.4 is 28.4 Å². The lowest BCUT2D eigenvalue weighted by atomic mass is 9.87. The van der Waals surface area contributed by atoms with Crippen molar-refractivity contribution in [1.29, 1.82) is 0 Å². The first-order valence-corrected chi connectivity index (χ1v) is 34.3. The van der Waals surface area contributed by atoms with Crippen molar-refractivity contribution in [3.63, 3.8) is 0 Å². The zero-order valence-corrected chi connectivity index (χ0v) is 61.4. The molecule has 0 spiro atoms. The molecule has 5 unspecified atom stereocenters. The van der Waals surface area contributed by atoms with E-state index in [1.807, 2.05) is 84.9 Å². The number of nitrogens with zero attached hydrogens (tertiary/aromatic N) is 2. The van der Waals surface area contributed by atoms with Gasteiger partial charge in [-0.3, -0.25) is 29.0 Å². The largest absolute Gasteiger partial charge is 0.514 e. The molecule has 1 aliphatic heterocycles. The smallest absolute Gasteiger partial charge is 0.465 e. The first-order valence-electron chi connectivity index (χ1n) is 34.3. The van der Waals surface area contributed by atoms with Crippen LogP contribution in [-0.4, -0.2) is 118 Å². The van der Waals surface area contributed by atoms with Gasteiger partial charge in [0.15, 0.2) is 18.9 Å². The van der Waals surface area contributed by atoms with Gasteiger partial charge in [-0.25, -0.2) is 9.59 Å². The second-order valence-corrected chi connectivity index (χ2v) is 26.6. The second kappa shape index (κ2) is 41.4. The van der Waals surface area contributed by atoms with Crippen molar-refractivity contribution in [2.75, 3.05) is 47.4 Å². The first-order chi connectivity index (χ1) is 46.5. The number of fused-ring (bicyclic) bond motifs is 1. The van der Waals surface area contributed by atoms with Crippen molar-refractivity contribution in [3.8, 4) is 34.5 Å². The zero-order chi connectivity index (χ0) is 72.6. The van der Waals surface area contributed by atoms with Gasteiger partial charge in [-0.15, -0.1) is 0 Å². The molecule has 1 aliphatic carbocycles. The molecule has 98 heavy (non-hydrogen) atoms. The number of amides is 3. The Labute approximate surface area is 582 Å². The van der Waals surface area contributed by atoms with Crippen LogP contribution in [0.1, 0.15) is 219 Å². The molecule has 7 rings (SSSR count). The normalized spacial score (nSPS) is 14.5. The maximum Gasteiger partial charge on any atom is 0.514 e. The molecular formula is C78H110N2O18. The van der Waals surface area contributed by atoms with Gasteiger partial charge >= 0.3 is 24.2 Å². The van der Waals surface area contributed by atoms with Gasteiger partial charge in [-0.05, 0) is 215 Å². The molecule has 540 valence electrons. The lowest BCUT2D eigenvalue weighted by Gasteiger charge is -2.23. The molecule has 1 heterocycles. The van der Waals surface area contributed by atoms with Crippen LogP contribution in [0.3, 0.4) is 0 Å². The molecule has 3 amide bonds. The second-order valence-electron chi connectivity index (χ2n) is 26.6. The third-order valence-electron chi connectivity index (χ3n) is 16.9. The maximum atomic E-state index is 12.3. The van der Waals surface area contributed by atoms with Crippen LogP contribution in [0.15, 0.2) is 121 Å². The van der Waals surface area contributed by atoms with E-state index in [4.69, 9.17) is 52.1 Å². The van der Waals surface area contributed by atoms with Gasteiger partial charge in [0.1, 0.15) is 53.6 Å². The maximum absolute atomic E-state index is 12.3. The molecule has 1 saturated carbocycles. The molecule has 2 aliphatic rings. The van der Waals surface area contributed by atoms with Crippen LogP contribution in [0.4, 0.5) is 9.59 Å². The Balaban J connectivity index is 0.000000279. The van der Waals surface area contributed by atoms with E-state index in [0.717, 1.165) is 49.7 Å². The molecule has 20 nitrogen and oxygen atoms in total. The van der Waals surface area contributed by atoms with E-state index >= 15 is 0 Å². The monoisotopic (exact) mass is 1360 g/mol. The summed E-state index contributed by atoms with van der Waals surface area (Å²) in [5, 5.41) is 0. The number of carbonyl (C=O) groups excluding carboxylic acids is 6. The molecule has 20 heteroatoms. The van der Waals surface area contributed by atoms with Gasteiger partial charge in [0.2, 0.25) is 0 Å². The van der Waals surface area contributed by atoms with Crippen molar-refractivity contribution >= 4 is 36.0 Å². The van der Waals surface area contributed by atoms with Gasteiger partial charge in [0.05, 0.1) is 48.8 Å². The summed E-state index contributed by atoms with van der Waals surface area (Å²) in [6.45, 7) is 32.1. The van der Waals surface area contributed by atoms with Crippen molar-refractivity contribution < 1.29 is 85.6 Å². The average molecular weight is 1360 g/mol. The Kier molecular flexibility index (Phi) is 34.8. The Morgan fingerprint density at radius 2 is 0.888 bits per heavy atom. The standard InChI is InChI=1S/C22H25NO4.C22H34O4.C17H27NO5.C17H24O5/c1-4-15(2)17-9-11-18(12-10-17)27-16(3)26-14-13-23-21(24)19-7-5-6-8-20(19)22(23)25;1-5-22(3,4)21(23)26-20-13-11-19(12-14-20)25-17(2)24-16-15-18-9-7-6-8-10-18;1-6-13(2)15-7-9-16(10-8-15)23-14(3)22-12-18(11-20-4)17(19)21-5;1-7-17(5,6)14(18)20-12-8-10-13(11-9-12)21-15(19)22-16(2,3)4/h5-12,15-16H,4,13-14H2,1-3H3;11-14,17-18H,5-10,15-16H2,1-4H3;7-10,13-14H,6,11-12H2,1-5H3;8-11H,7H2,1-6H3. The summed E-state index contributed by atoms with van der Waals surface area (Å²) in [5.41, 5.74) is 1.84. The highest BCUT2D eigenvalue weighted by Gasteiger charge is 2.35. The van der Waals surface area contributed by atoms with E-state index in [1.54, 1.807) is 95.3 Å². The molecule has 0 N–H and O–H groups in total. The summed E-state index contributed by atoms with van der Waals surface area (Å²) in [5.74, 6) is 4.25. The number of benzene rings is 5. The predicted octanol–water partition coefficient (Wildman–Crippen LogP) is 17.9. The molecule has 0 saturated heterocycles. The van der Waals surface area contributed by atoms with E-state index in [2.05, 4.69) is 56.7 Å². The van der Waals surface area contributed by atoms with E-state index in [0.29, 0.717) is 52.4 Å². The Bertz CT molecular complexity index is 3160. The first kappa shape index (κ1) is 82.4. The highest BCUT2D eigenvalue weighted by atomic mass is 16.7. The quantitative estimate of drug-likeness (QED) is 0.0137. The van der Waals surface area contributed by atoms with Crippen LogP contribution >= 0.6 is 0 Å². The Morgan fingerprint density at radius 3 is 1.28 bits per heavy atom. The minimum atomic E-state index is -0.774. The fraction of sp³-hybridized carbons (Fsp3) is 0.538. The zero-order valence-electron chi connectivity index (χ0n) is 61.4. The van der Waals surface area contributed by atoms with Crippen LogP contribution in [0, 0.1) is 16.7 Å². The topological polar surface area (TPSA) is 220 Å². The predicted molar refractivity (Wildman–Crippen MR) is 377 cm³/mol. The van der Waals surface area contributed by atoms with Crippen molar-refractivity contribution in [2.45, 2.75) is 211 Å². The fourth-order valence-corrected chi connectivity index (χ4v) is 9.46. The number of ether oxygens (including phenoxy) is 12. The fourth-order valence-electron chi connectivity index (χ4n) is 9.46. The number of rotatable bonds is 30. The number of imide groups is 1. The lowest BCUT2D eigenvalue weighted by molar-refractivity contribution is -0.144. The summed E-state index contributed by atoms with van der Waals surface area (Å²) in [6, 6.07) is 36.2. The molecule has 1 fully saturated rings. The molecule has 5 aromatic carbocycles. The number of hydrogen-bond acceptors (Lipinski definition) is 18. The van der Waals surface area contributed by atoms with Crippen LogP contribution in [0.5, 0.6) is 34.5 Å². The minimum Gasteiger partial charge on any atom is -0.465 e. The number of methoxy groups -OCH3 is 2. The van der Waals surface area contributed by atoms with Crippen LogP contribution in [-0.2, 0) is 38.0 Å². The highest BCUT2D eigenvalue weighted by molar-refractivity contribution is 6.21. The molecule has 5 atom stereocenters. The van der Waals surface area contributed by atoms with E-state index in [9.17, 15) is 28.8 Å². The van der Waals surface area contributed by atoms with Gasteiger partial charge in [-0.2, -0.15) is 0 Å². The Morgan fingerprint density at radius 1 is 0.500 bits per heavy atom. The molecule has 0 aromatic heterocycles. The van der Waals surface area contributed by atoms with Crippen LogP contribution in [0.25, 0.3) is 0 Å². The Hall–Kier alpha value is -8.04. The third-order valence-corrected chi connectivity index (χ3v) is 16.9. The SMILES string of the molecule is CCC(C)(C)C(=O)Oc1ccc(OC(=O)OC(C)(C)C)cc1.CCC(C)(C)C(=O)Oc1ccc(OC(C)OCCC2CCCCC2)cc1.CCC(C)c1ccc(OC(C)OCCN2C(=O)c3ccccc3C2=O)cc1.CCC(C)c1ccc(OC(C)OCN(COC)C(=O)OC)cc1. The van der Waals surface area contributed by atoms with Crippen molar-refractivity contribution in [2.24, 2.45) is 16.7 Å². The summed E-state index contributed by atoms with van der Waals surface area (Å²) in [4.78, 5) is 74.2. The average Bonchev–Trinajstić information content (AvgIpc) is 1.64. The molecule has 5 aromatic rings. The van der Waals surface area contributed by atoms with E-state index in [1.165, 1.54) is 67.3 Å². The van der Waals surface area contributed by atoms with Crippen molar-refractivity contribution in [3.05, 3.63) is 144 Å². The van der Waals surface area contributed by atoms with Gasteiger partial charge < -0.3 is 56.8 Å². The van der Waals surface area contributed by atoms with E-state index < -0.39 is 41.3 Å².